The predicted molar refractivity (Wildman–Crippen MR) is 127 cm³/mol. The number of rotatable bonds is 6. The number of amidine groups is 1. The largest absolute Gasteiger partial charge is 0.284 e. The van der Waals surface area contributed by atoms with E-state index in [2.05, 4.69) is 54.4 Å². The molecule has 0 saturated carbocycles. The predicted octanol–water partition coefficient (Wildman–Crippen LogP) is 5.78. The molecule has 1 fully saturated rings. The molecule has 1 heterocycles. The van der Waals surface area contributed by atoms with E-state index >= 15 is 0 Å². The highest BCUT2D eigenvalue weighted by Gasteiger charge is 2.37. The number of benzene rings is 3. The molecular formula is C25H25N3OS. The van der Waals surface area contributed by atoms with Gasteiger partial charge in [0, 0.05) is 5.56 Å². The molecule has 0 bridgehead atoms. The number of thioether (sulfide) groups is 1. The Morgan fingerprint density at radius 3 is 2.63 bits per heavy atom. The lowest BCUT2D eigenvalue weighted by Gasteiger charge is -2.17. The van der Waals surface area contributed by atoms with Crippen LogP contribution >= 0.6 is 11.8 Å². The standard InChI is InChI=1S/C25H25N3OS/c1-3-9-23-24(29)28(17-21-12-5-4-10-18(21)2)25(30-23)27-26-16-20-14-8-13-19-11-6-7-15-22(19)20/h4-8,10-16,23H,3,9,17H2,1-2H3/b26-16-,27-25+/t23-/m1/s1. The molecule has 0 aliphatic carbocycles. The topological polar surface area (TPSA) is 45.0 Å². The summed E-state index contributed by atoms with van der Waals surface area (Å²) in [6.07, 6.45) is 3.59. The second-order valence-electron chi connectivity index (χ2n) is 7.44. The second-order valence-corrected chi connectivity index (χ2v) is 8.61. The van der Waals surface area contributed by atoms with E-state index < -0.39 is 0 Å². The van der Waals surface area contributed by atoms with Crippen molar-refractivity contribution in [3.8, 4) is 0 Å². The van der Waals surface area contributed by atoms with Crippen LogP contribution in [0.3, 0.4) is 0 Å². The number of aryl methyl sites for hydroxylation is 1. The Balaban J connectivity index is 1.62. The summed E-state index contributed by atoms with van der Waals surface area (Å²) in [5.74, 6) is 0.129. The SMILES string of the molecule is CCC[C@H]1S/C(=N/N=C\c2cccc3ccccc23)N(Cc2ccccc2C)C1=O. The van der Waals surface area contributed by atoms with Gasteiger partial charge in [-0.15, -0.1) is 5.10 Å². The van der Waals surface area contributed by atoms with Crippen LogP contribution in [-0.2, 0) is 11.3 Å². The van der Waals surface area contributed by atoms with Crippen molar-refractivity contribution >= 4 is 39.8 Å². The Morgan fingerprint density at radius 1 is 1.03 bits per heavy atom. The Labute approximate surface area is 181 Å². The molecule has 1 aliphatic rings. The first-order chi connectivity index (χ1) is 14.7. The van der Waals surface area contributed by atoms with Crippen molar-refractivity contribution in [2.75, 3.05) is 0 Å². The number of carbonyl (C=O) groups excluding carboxylic acids is 1. The maximum atomic E-state index is 13.0. The molecule has 30 heavy (non-hydrogen) atoms. The summed E-state index contributed by atoms with van der Waals surface area (Å²) in [5, 5.41) is 11.7. The van der Waals surface area contributed by atoms with Crippen LogP contribution < -0.4 is 0 Å². The van der Waals surface area contributed by atoms with Crippen molar-refractivity contribution in [3.63, 3.8) is 0 Å². The summed E-state index contributed by atoms with van der Waals surface area (Å²) in [6, 6.07) is 22.5. The van der Waals surface area contributed by atoms with Gasteiger partial charge in [-0.3, -0.25) is 9.69 Å². The molecule has 3 aromatic carbocycles. The second kappa shape index (κ2) is 9.26. The van der Waals surface area contributed by atoms with Crippen molar-refractivity contribution in [3.05, 3.63) is 83.4 Å². The molecule has 4 rings (SSSR count). The highest BCUT2D eigenvalue weighted by molar-refractivity contribution is 8.15. The van der Waals surface area contributed by atoms with Gasteiger partial charge in [-0.2, -0.15) is 5.10 Å². The van der Waals surface area contributed by atoms with Gasteiger partial charge < -0.3 is 0 Å². The molecule has 0 unspecified atom stereocenters. The lowest BCUT2D eigenvalue weighted by Crippen LogP contribution is -2.31. The van der Waals surface area contributed by atoms with Crippen LogP contribution in [0.25, 0.3) is 10.8 Å². The first kappa shape index (κ1) is 20.4. The number of fused-ring (bicyclic) bond motifs is 1. The van der Waals surface area contributed by atoms with Gasteiger partial charge in [0.15, 0.2) is 5.17 Å². The van der Waals surface area contributed by atoms with E-state index in [9.17, 15) is 4.79 Å². The minimum Gasteiger partial charge on any atom is -0.284 e. The fourth-order valence-electron chi connectivity index (χ4n) is 3.64. The van der Waals surface area contributed by atoms with E-state index in [1.54, 1.807) is 11.1 Å². The van der Waals surface area contributed by atoms with E-state index in [1.165, 1.54) is 22.7 Å². The molecule has 4 nitrogen and oxygen atoms in total. The Bertz CT molecular complexity index is 1120. The molecule has 1 atom stereocenters. The van der Waals surface area contributed by atoms with Crippen molar-refractivity contribution < 1.29 is 4.79 Å². The first-order valence-corrected chi connectivity index (χ1v) is 11.2. The monoisotopic (exact) mass is 415 g/mol. The van der Waals surface area contributed by atoms with E-state index in [0.29, 0.717) is 11.7 Å². The van der Waals surface area contributed by atoms with Crippen molar-refractivity contribution in [1.29, 1.82) is 0 Å². The minimum atomic E-state index is -0.0782. The average Bonchev–Trinajstić information content (AvgIpc) is 3.05. The Morgan fingerprint density at radius 2 is 1.80 bits per heavy atom. The van der Waals surface area contributed by atoms with E-state index in [0.717, 1.165) is 29.4 Å². The maximum Gasteiger partial charge on any atom is 0.242 e. The van der Waals surface area contributed by atoms with Gasteiger partial charge in [-0.1, -0.05) is 91.8 Å². The molecule has 5 heteroatoms. The smallest absolute Gasteiger partial charge is 0.242 e. The number of carbonyl (C=O) groups is 1. The van der Waals surface area contributed by atoms with E-state index in [-0.39, 0.29) is 11.2 Å². The maximum absolute atomic E-state index is 13.0. The molecule has 0 radical (unpaired) electrons. The minimum absolute atomic E-state index is 0.0782. The summed E-state index contributed by atoms with van der Waals surface area (Å²) < 4.78 is 0. The molecule has 3 aromatic rings. The lowest BCUT2D eigenvalue weighted by atomic mass is 10.1. The third-order valence-electron chi connectivity index (χ3n) is 5.32. The summed E-state index contributed by atoms with van der Waals surface area (Å²) in [5.41, 5.74) is 3.32. The number of hydrogen-bond donors (Lipinski definition) is 0. The third-order valence-corrected chi connectivity index (χ3v) is 6.56. The van der Waals surface area contributed by atoms with Gasteiger partial charge in [-0.05, 0) is 35.2 Å². The lowest BCUT2D eigenvalue weighted by molar-refractivity contribution is -0.126. The molecular weight excluding hydrogens is 390 g/mol. The summed E-state index contributed by atoms with van der Waals surface area (Å²) in [4.78, 5) is 14.8. The summed E-state index contributed by atoms with van der Waals surface area (Å²) in [6.45, 7) is 4.71. The Kier molecular flexibility index (Phi) is 6.29. The Hall–Kier alpha value is -2.92. The van der Waals surface area contributed by atoms with Crippen LogP contribution in [-0.4, -0.2) is 27.4 Å². The highest BCUT2D eigenvalue weighted by Crippen LogP contribution is 2.32. The van der Waals surface area contributed by atoms with Crippen molar-refractivity contribution in [1.82, 2.24) is 4.90 Å². The molecule has 0 aromatic heterocycles. The van der Waals surface area contributed by atoms with Gasteiger partial charge >= 0.3 is 0 Å². The zero-order chi connectivity index (χ0) is 20.9. The molecule has 0 spiro atoms. The third kappa shape index (κ3) is 4.31. The van der Waals surface area contributed by atoms with Crippen LogP contribution in [0.1, 0.15) is 36.5 Å². The number of nitrogens with zero attached hydrogens (tertiary/aromatic N) is 3. The summed E-state index contributed by atoms with van der Waals surface area (Å²) >= 11 is 1.53. The van der Waals surface area contributed by atoms with Gasteiger partial charge in [0.25, 0.3) is 0 Å². The van der Waals surface area contributed by atoms with Crippen LogP contribution in [0, 0.1) is 6.92 Å². The van der Waals surface area contributed by atoms with Gasteiger partial charge in [0.2, 0.25) is 5.91 Å². The van der Waals surface area contributed by atoms with Crippen LogP contribution in [0.2, 0.25) is 0 Å². The molecule has 1 amide bonds. The average molecular weight is 416 g/mol. The number of hydrogen-bond acceptors (Lipinski definition) is 4. The van der Waals surface area contributed by atoms with Crippen LogP contribution in [0.4, 0.5) is 0 Å². The zero-order valence-corrected chi connectivity index (χ0v) is 18.1. The molecule has 1 aliphatic heterocycles. The van der Waals surface area contributed by atoms with Gasteiger partial charge in [0.1, 0.15) is 0 Å². The quantitative estimate of drug-likeness (QED) is 0.378. The molecule has 1 saturated heterocycles. The summed E-state index contributed by atoms with van der Waals surface area (Å²) in [7, 11) is 0. The van der Waals surface area contributed by atoms with Crippen molar-refractivity contribution in [2.24, 2.45) is 10.2 Å². The fourth-order valence-corrected chi connectivity index (χ4v) is 4.85. The van der Waals surface area contributed by atoms with Crippen LogP contribution in [0.15, 0.2) is 76.9 Å². The van der Waals surface area contributed by atoms with Crippen molar-refractivity contribution in [2.45, 2.75) is 38.5 Å². The first-order valence-electron chi connectivity index (χ1n) is 10.3. The number of amides is 1. The fraction of sp³-hybridized carbons (Fsp3) is 0.240. The zero-order valence-electron chi connectivity index (χ0n) is 17.3. The van der Waals surface area contributed by atoms with Gasteiger partial charge in [-0.25, -0.2) is 0 Å². The normalized spacial score (nSPS) is 18.2. The van der Waals surface area contributed by atoms with Gasteiger partial charge in [0.05, 0.1) is 18.0 Å². The van der Waals surface area contributed by atoms with Crippen LogP contribution in [0.5, 0.6) is 0 Å². The molecule has 0 N–H and O–H groups in total. The van der Waals surface area contributed by atoms with E-state index in [4.69, 9.17) is 0 Å². The highest BCUT2D eigenvalue weighted by atomic mass is 32.2. The molecule has 152 valence electrons. The van der Waals surface area contributed by atoms with E-state index in [1.807, 2.05) is 36.4 Å².